The molecule has 1 atom stereocenters. The zero-order valence-corrected chi connectivity index (χ0v) is 20.7. The Balaban J connectivity index is 1.96. The number of fused-ring (bicyclic) bond motifs is 1. The number of carbonyl (C=O) groups is 2. The highest BCUT2D eigenvalue weighted by Gasteiger charge is 2.43. The lowest BCUT2D eigenvalue weighted by molar-refractivity contribution is -0.119. The zero-order chi connectivity index (χ0) is 24.5. The number of nitrogens with one attached hydrogen (secondary N) is 1. The van der Waals surface area contributed by atoms with E-state index >= 15 is 0 Å². The molecule has 6 heteroatoms. The van der Waals surface area contributed by atoms with Crippen LogP contribution in [0.4, 0.5) is 11.4 Å². The Morgan fingerprint density at radius 2 is 1.88 bits per heavy atom. The summed E-state index contributed by atoms with van der Waals surface area (Å²) in [5.74, 6) is 1.26. The van der Waals surface area contributed by atoms with Crippen molar-refractivity contribution in [2.24, 2.45) is 5.41 Å². The molecule has 180 valence electrons. The van der Waals surface area contributed by atoms with Gasteiger partial charge in [0.1, 0.15) is 0 Å². The molecular formula is C28H34N2O4. The second-order valence-electron chi connectivity index (χ2n) is 9.75. The van der Waals surface area contributed by atoms with Crippen LogP contribution < -0.4 is 19.7 Å². The Morgan fingerprint density at radius 3 is 2.59 bits per heavy atom. The molecule has 0 saturated carbocycles. The number of methoxy groups -OCH3 is 1. The van der Waals surface area contributed by atoms with Gasteiger partial charge in [-0.25, -0.2) is 0 Å². The molecular weight excluding hydrogens is 428 g/mol. The number of benzene rings is 2. The van der Waals surface area contributed by atoms with Gasteiger partial charge in [-0.1, -0.05) is 45.9 Å². The highest BCUT2D eigenvalue weighted by atomic mass is 16.5. The predicted octanol–water partition coefficient (Wildman–Crippen LogP) is 6.04. The quantitative estimate of drug-likeness (QED) is 0.567. The minimum atomic E-state index is -0.559. The third-order valence-corrected chi connectivity index (χ3v) is 6.44. The first-order valence-electron chi connectivity index (χ1n) is 12.0. The highest BCUT2D eigenvalue weighted by Crippen LogP contribution is 2.49. The van der Waals surface area contributed by atoms with E-state index in [-0.39, 0.29) is 17.1 Å². The first-order chi connectivity index (χ1) is 16.3. The molecule has 1 amide bonds. The van der Waals surface area contributed by atoms with Gasteiger partial charge >= 0.3 is 0 Å². The summed E-state index contributed by atoms with van der Waals surface area (Å²) in [7, 11) is 1.61. The maximum Gasteiger partial charge on any atom is 0.227 e. The molecule has 0 aromatic heterocycles. The lowest BCUT2D eigenvalue weighted by Crippen LogP contribution is -2.39. The lowest BCUT2D eigenvalue weighted by Gasteiger charge is -2.37. The van der Waals surface area contributed by atoms with Gasteiger partial charge < -0.3 is 14.8 Å². The monoisotopic (exact) mass is 462 g/mol. The van der Waals surface area contributed by atoms with Gasteiger partial charge in [-0.2, -0.15) is 0 Å². The second kappa shape index (κ2) is 9.53. The van der Waals surface area contributed by atoms with E-state index < -0.39 is 6.04 Å². The number of ether oxygens (including phenoxy) is 2. The molecule has 1 aliphatic carbocycles. The first kappa shape index (κ1) is 23.9. The number of ketones is 1. The van der Waals surface area contributed by atoms with Crippen molar-refractivity contribution in [1.29, 1.82) is 0 Å². The Hall–Kier alpha value is -3.28. The summed E-state index contributed by atoms with van der Waals surface area (Å²) in [5.41, 5.74) is 3.80. The summed E-state index contributed by atoms with van der Waals surface area (Å²) >= 11 is 0. The lowest BCUT2D eigenvalue weighted by atomic mass is 9.73. The molecule has 4 rings (SSSR count). The van der Waals surface area contributed by atoms with Crippen molar-refractivity contribution in [3.05, 3.63) is 59.3 Å². The third kappa shape index (κ3) is 4.41. The number of hydrogen-bond acceptors (Lipinski definition) is 5. The van der Waals surface area contributed by atoms with E-state index in [4.69, 9.17) is 9.47 Å². The van der Waals surface area contributed by atoms with Crippen LogP contribution in [0.2, 0.25) is 0 Å². The van der Waals surface area contributed by atoms with Crippen molar-refractivity contribution in [1.82, 2.24) is 0 Å². The number of rotatable bonds is 6. The van der Waals surface area contributed by atoms with Gasteiger partial charge in [0.05, 0.1) is 31.1 Å². The maximum atomic E-state index is 13.7. The van der Waals surface area contributed by atoms with Crippen molar-refractivity contribution in [3.8, 4) is 11.5 Å². The van der Waals surface area contributed by atoms with Crippen LogP contribution in [0.15, 0.2) is 53.7 Å². The summed E-state index contributed by atoms with van der Waals surface area (Å²) in [5, 5.41) is 3.53. The number of hydrogen-bond donors (Lipinski definition) is 1. The topological polar surface area (TPSA) is 67.9 Å². The minimum absolute atomic E-state index is 0.0455. The maximum absolute atomic E-state index is 13.7. The number of nitrogens with zero attached hydrogens (tertiary/aromatic N) is 1. The van der Waals surface area contributed by atoms with Gasteiger partial charge in [-0.15, -0.1) is 0 Å². The van der Waals surface area contributed by atoms with Crippen LogP contribution in [-0.4, -0.2) is 25.4 Å². The second-order valence-corrected chi connectivity index (χ2v) is 9.75. The number of amides is 1. The molecule has 0 unspecified atom stereocenters. The minimum Gasteiger partial charge on any atom is -0.493 e. The fourth-order valence-electron chi connectivity index (χ4n) is 4.93. The molecule has 1 heterocycles. The van der Waals surface area contributed by atoms with Crippen LogP contribution in [0.25, 0.3) is 0 Å². The number of allylic oxidation sites excluding steroid dienone is 1. The standard InChI is InChI=1S/C28H34N2O4/c1-6-14-34-23-13-12-18(15-24(23)33-5)27-26-20(16-28(3,4)17-22(26)31)29-19-10-8-9-11-21(19)30(27)25(32)7-2/h8-13,15,27,29H,6-7,14,16-17H2,1-5H3/t27-/m0/s1. The van der Waals surface area contributed by atoms with Gasteiger partial charge in [0.15, 0.2) is 17.3 Å². The van der Waals surface area contributed by atoms with Crippen LogP contribution in [0, 0.1) is 5.41 Å². The molecule has 1 aliphatic heterocycles. The molecule has 2 aliphatic rings. The van der Waals surface area contributed by atoms with E-state index in [0.717, 1.165) is 35.5 Å². The Bertz CT molecular complexity index is 1130. The van der Waals surface area contributed by atoms with E-state index in [1.54, 1.807) is 12.0 Å². The molecule has 1 N–H and O–H groups in total. The number of para-hydroxylation sites is 2. The predicted molar refractivity (Wildman–Crippen MR) is 134 cm³/mol. The molecule has 0 fully saturated rings. The number of Topliss-reactive ketones (excluding diaryl/α,β-unsaturated/α-hetero) is 1. The van der Waals surface area contributed by atoms with Gasteiger partial charge in [0.2, 0.25) is 5.91 Å². The fraction of sp³-hybridized carbons (Fsp3) is 0.429. The molecule has 6 nitrogen and oxygen atoms in total. The van der Waals surface area contributed by atoms with E-state index in [1.165, 1.54) is 0 Å². The first-order valence-corrected chi connectivity index (χ1v) is 12.0. The van der Waals surface area contributed by atoms with E-state index in [2.05, 4.69) is 26.1 Å². The molecule has 34 heavy (non-hydrogen) atoms. The molecule has 0 spiro atoms. The van der Waals surface area contributed by atoms with Crippen molar-refractivity contribution >= 4 is 23.1 Å². The van der Waals surface area contributed by atoms with Crippen molar-refractivity contribution in [2.75, 3.05) is 23.9 Å². The van der Waals surface area contributed by atoms with Crippen molar-refractivity contribution in [2.45, 2.75) is 59.4 Å². The third-order valence-electron chi connectivity index (χ3n) is 6.44. The summed E-state index contributed by atoms with van der Waals surface area (Å²) in [6.07, 6.45) is 2.36. The van der Waals surface area contributed by atoms with Gasteiger partial charge in [0.25, 0.3) is 0 Å². The molecule has 2 aromatic carbocycles. The summed E-state index contributed by atoms with van der Waals surface area (Å²) in [6.45, 7) is 8.71. The smallest absolute Gasteiger partial charge is 0.227 e. The Morgan fingerprint density at radius 1 is 1.12 bits per heavy atom. The van der Waals surface area contributed by atoms with Crippen LogP contribution in [0.1, 0.15) is 65.0 Å². The van der Waals surface area contributed by atoms with Crippen LogP contribution in [0.5, 0.6) is 11.5 Å². The van der Waals surface area contributed by atoms with Crippen LogP contribution >= 0.6 is 0 Å². The SMILES string of the molecule is CCCOc1ccc([C@H]2C3=C(CC(C)(C)CC3=O)Nc3ccccc3N2C(=O)CC)cc1OC. The molecule has 0 bridgehead atoms. The number of carbonyl (C=O) groups excluding carboxylic acids is 2. The average molecular weight is 463 g/mol. The number of anilines is 2. The largest absolute Gasteiger partial charge is 0.493 e. The van der Waals surface area contributed by atoms with E-state index in [0.29, 0.717) is 36.5 Å². The van der Waals surface area contributed by atoms with Gasteiger partial charge in [0, 0.05) is 24.1 Å². The zero-order valence-electron chi connectivity index (χ0n) is 20.7. The average Bonchev–Trinajstić information content (AvgIpc) is 2.95. The summed E-state index contributed by atoms with van der Waals surface area (Å²) in [6, 6.07) is 12.9. The van der Waals surface area contributed by atoms with Gasteiger partial charge in [-0.05, 0) is 48.1 Å². The summed E-state index contributed by atoms with van der Waals surface area (Å²) < 4.78 is 11.5. The van der Waals surface area contributed by atoms with Crippen molar-refractivity contribution in [3.63, 3.8) is 0 Å². The Kier molecular flexibility index (Phi) is 6.69. The summed E-state index contributed by atoms with van der Waals surface area (Å²) in [4.78, 5) is 28.9. The van der Waals surface area contributed by atoms with E-state index in [9.17, 15) is 9.59 Å². The van der Waals surface area contributed by atoms with Gasteiger partial charge in [-0.3, -0.25) is 14.5 Å². The molecule has 2 aromatic rings. The normalized spacial score (nSPS) is 19.0. The molecule has 0 radical (unpaired) electrons. The fourth-order valence-corrected chi connectivity index (χ4v) is 4.93. The van der Waals surface area contributed by atoms with Crippen molar-refractivity contribution < 1.29 is 19.1 Å². The van der Waals surface area contributed by atoms with Crippen LogP contribution in [-0.2, 0) is 9.59 Å². The van der Waals surface area contributed by atoms with Crippen LogP contribution in [0.3, 0.4) is 0 Å². The Labute approximate surface area is 201 Å². The highest BCUT2D eigenvalue weighted by molar-refractivity contribution is 6.06. The van der Waals surface area contributed by atoms with E-state index in [1.807, 2.05) is 49.4 Å². The molecule has 0 saturated heterocycles.